The molecule has 0 heterocycles. The molecule has 0 fully saturated rings. The summed E-state index contributed by atoms with van der Waals surface area (Å²) in [6.07, 6.45) is 6.84. The molecule has 1 aromatic rings. The number of hydrogen-bond donors (Lipinski definition) is 2. The van der Waals surface area contributed by atoms with Gasteiger partial charge in [-0.25, -0.2) is 0 Å². The first kappa shape index (κ1) is 21.9. The number of rotatable bonds is 14. The average Bonchev–Trinajstić information content (AvgIpc) is 2.61. The van der Waals surface area contributed by atoms with Crippen molar-refractivity contribution < 1.29 is 14.4 Å². The molecule has 0 aliphatic carbocycles. The second kappa shape index (κ2) is 13.1. The van der Waals surface area contributed by atoms with E-state index in [0.29, 0.717) is 31.7 Å². The van der Waals surface area contributed by atoms with E-state index >= 15 is 0 Å². The molecule has 0 saturated heterocycles. The number of carbonyl (C=O) groups excluding carboxylic acids is 3. The van der Waals surface area contributed by atoms with Crippen LogP contribution in [0.2, 0.25) is 0 Å². The van der Waals surface area contributed by atoms with E-state index in [9.17, 15) is 14.4 Å². The number of aldehydes is 1. The molecule has 1 atom stereocenters. The molecule has 0 saturated carbocycles. The van der Waals surface area contributed by atoms with Gasteiger partial charge in [0.2, 0.25) is 12.3 Å². The summed E-state index contributed by atoms with van der Waals surface area (Å²) in [4.78, 5) is 32.8. The van der Waals surface area contributed by atoms with E-state index in [2.05, 4.69) is 48.7 Å². The molecule has 144 valence electrons. The molecular weight excluding hydrogens is 328 g/mol. The molecule has 0 radical (unpaired) electrons. The molecule has 0 aliphatic rings. The Morgan fingerprint density at radius 2 is 1.73 bits per heavy atom. The van der Waals surface area contributed by atoms with E-state index in [-0.39, 0.29) is 5.91 Å². The van der Waals surface area contributed by atoms with Crippen LogP contribution in [0.1, 0.15) is 57.1 Å². The van der Waals surface area contributed by atoms with Crippen molar-refractivity contribution in [2.24, 2.45) is 5.92 Å². The maximum Gasteiger partial charge on any atom is 0.220 e. The Morgan fingerprint density at radius 1 is 1.04 bits per heavy atom. The van der Waals surface area contributed by atoms with Crippen molar-refractivity contribution in [3.05, 3.63) is 35.4 Å². The first-order valence-corrected chi connectivity index (χ1v) is 9.54. The molecule has 0 aromatic heterocycles. The van der Waals surface area contributed by atoms with Gasteiger partial charge in [-0.1, -0.05) is 38.1 Å². The predicted octanol–water partition coefficient (Wildman–Crippen LogP) is 2.81. The highest BCUT2D eigenvalue weighted by atomic mass is 16.1. The number of amides is 2. The Balaban J connectivity index is 2.11. The van der Waals surface area contributed by atoms with Gasteiger partial charge in [0.15, 0.2) is 0 Å². The third-order valence-corrected chi connectivity index (χ3v) is 4.25. The summed E-state index contributed by atoms with van der Waals surface area (Å²) in [6, 6.07) is 8.26. The van der Waals surface area contributed by atoms with E-state index in [0.717, 1.165) is 38.4 Å². The third-order valence-electron chi connectivity index (χ3n) is 4.25. The summed E-state index contributed by atoms with van der Waals surface area (Å²) >= 11 is 0. The molecule has 0 spiro atoms. The zero-order valence-electron chi connectivity index (χ0n) is 16.0. The highest BCUT2D eigenvalue weighted by Gasteiger charge is 2.05. The van der Waals surface area contributed by atoms with Crippen LogP contribution in [-0.2, 0) is 27.2 Å². The summed E-state index contributed by atoms with van der Waals surface area (Å²) in [5.41, 5.74) is 2.63. The molecule has 2 N–H and O–H groups in total. The molecule has 26 heavy (non-hydrogen) atoms. The third kappa shape index (κ3) is 9.97. The molecular formula is C21H32N2O3. The highest BCUT2D eigenvalue weighted by molar-refractivity contribution is 5.75. The van der Waals surface area contributed by atoms with E-state index in [1.807, 2.05) is 0 Å². The fourth-order valence-electron chi connectivity index (χ4n) is 2.85. The maximum absolute atomic E-state index is 11.8. The summed E-state index contributed by atoms with van der Waals surface area (Å²) in [5.74, 6) is 0.731. The number of nitrogens with one attached hydrogen (secondary N) is 2. The SMILES string of the molecule is CC(C)Cc1ccc(CCCC(=O)NCCCCC(C=O)NC=O)cc1. The van der Waals surface area contributed by atoms with Gasteiger partial charge in [-0.15, -0.1) is 0 Å². The summed E-state index contributed by atoms with van der Waals surface area (Å²) in [6.45, 7) is 5.04. The van der Waals surface area contributed by atoms with Gasteiger partial charge in [0.25, 0.3) is 0 Å². The first-order chi connectivity index (χ1) is 12.5. The van der Waals surface area contributed by atoms with Crippen LogP contribution in [0.3, 0.4) is 0 Å². The molecule has 0 aliphatic heterocycles. The lowest BCUT2D eigenvalue weighted by atomic mass is 10.00. The molecule has 1 aromatic carbocycles. The minimum Gasteiger partial charge on any atom is -0.356 e. The molecule has 2 amide bonds. The quantitative estimate of drug-likeness (QED) is 0.396. The van der Waals surface area contributed by atoms with Crippen molar-refractivity contribution >= 4 is 18.6 Å². The minimum atomic E-state index is -0.421. The second-order valence-corrected chi connectivity index (χ2v) is 7.14. The van der Waals surface area contributed by atoms with Gasteiger partial charge in [-0.3, -0.25) is 9.59 Å². The van der Waals surface area contributed by atoms with Crippen LogP contribution < -0.4 is 10.6 Å². The highest BCUT2D eigenvalue weighted by Crippen LogP contribution is 2.11. The largest absolute Gasteiger partial charge is 0.356 e. The normalized spacial score (nSPS) is 11.8. The van der Waals surface area contributed by atoms with Crippen molar-refractivity contribution in [3.63, 3.8) is 0 Å². The topological polar surface area (TPSA) is 75.3 Å². The second-order valence-electron chi connectivity index (χ2n) is 7.14. The number of benzene rings is 1. The number of hydrogen-bond acceptors (Lipinski definition) is 3. The number of aryl methyl sites for hydroxylation is 1. The van der Waals surface area contributed by atoms with Crippen molar-refractivity contribution in [2.75, 3.05) is 6.54 Å². The number of unbranched alkanes of at least 4 members (excludes halogenated alkanes) is 1. The standard InChI is InChI=1S/C21H32N2O3/c1-17(2)14-19-11-9-18(10-12-19)6-5-8-21(26)22-13-4-3-7-20(15-24)23-16-25/h9-12,15-17,20H,3-8,13-14H2,1-2H3,(H,22,26)(H,23,25). The van der Waals surface area contributed by atoms with Gasteiger partial charge in [-0.05, 0) is 55.6 Å². The smallest absolute Gasteiger partial charge is 0.220 e. The fraction of sp³-hybridized carbons (Fsp3) is 0.571. The Labute approximate surface area is 156 Å². The van der Waals surface area contributed by atoms with Crippen molar-refractivity contribution in [3.8, 4) is 0 Å². The zero-order valence-corrected chi connectivity index (χ0v) is 16.0. The Kier molecular flexibility index (Phi) is 11.0. The van der Waals surface area contributed by atoms with Crippen LogP contribution in [0, 0.1) is 5.92 Å². The Morgan fingerprint density at radius 3 is 2.35 bits per heavy atom. The van der Waals surface area contributed by atoms with Crippen LogP contribution >= 0.6 is 0 Å². The monoisotopic (exact) mass is 360 g/mol. The summed E-state index contributed by atoms with van der Waals surface area (Å²) in [5, 5.41) is 5.36. The zero-order chi connectivity index (χ0) is 19.2. The van der Waals surface area contributed by atoms with Crippen LogP contribution in [0.15, 0.2) is 24.3 Å². The van der Waals surface area contributed by atoms with Gasteiger partial charge in [0.1, 0.15) is 6.29 Å². The van der Waals surface area contributed by atoms with Crippen LogP contribution in [0.25, 0.3) is 0 Å². The van der Waals surface area contributed by atoms with Crippen molar-refractivity contribution in [1.29, 1.82) is 0 Å². The maximum atomic E-state index is 11.8. The minimum absolute atomic E-state index is 0.0689. The Bertz CT molecular complexity index is 541. The Hall–Kier alpha value is -2.17. The van der Waals surface area contributed by atoms with Gasteiger partial charge < -0.3 is 15.4 Å². The first-order valence-electron chi connectivity index (χ1n) is 9.54. The lowest BCUT2D eigenvalue weighted by Crippen LogP contribution is -2.29. The molecule has 0 bridgehead atoms. The van der Waals surface area contributed by atoms with Crippen molar-refractivity contribution in [2.45, 2.75) is 64.8 Å². The lowest BCUT2D eigenvalue weighted by Gasteiger charge is -2.09. The summed E-state index contributed by atoms with van der Waals surface area (Å²) in [7, 11) is 0. The van der Waals surface area contributed by atoms with E-state index < -0.39 is 6.04 Å². The van der Waals surface area contributed by atoms with Gasteiger partial charge in [0, 0.05) is 13.0 Å². The summed E-state index contributed by atoms with van der Waals surface area (Å²) < 4.78 is 0. The van der Waals surface area contributed by atoms with E-state index in [4.69, 9.17) is 0 Å². The molecule has 1 unspecified atom stereocenters. The van der Waals surface area contributed by atoms with Crippen LogP contribution in [0.5, 0.6) is 0 Å². The van der Waals surface area contributed by atoms with E-state index in [1.54, 1.807) is 0 Å². The lowest BCUT2D eigenvalue weighted by molar-refractivity contribution is -0.121. The van der Waals surface area contributed by atoms with Gasteiger partial charge in [-0.2, -0.15) is 0 Å². The predicted molar refractivity (Wildman–Crippen MR) is 104 cm³/mol. The van der Waals surface area contributed by atoms with E-state index in [1.165, 1.54) is 11.1 Å². The molecule has 1 rings (SSSR count). The van der Waals surface area contributed by atoms with Crippen molar-refractivity contribution in [1.82, 2.24) is 10.6 Å². The van der Waals surface area contributed by atoms with Gasteiger partial charge in [0.05, 0.1) is 6.04 Å². The fourth-order valence-corrected chi connectivity index (χ4v) is 2.85. The van der Waals surface area contributed by atoms with Crippen LogP contribution in [-0.4, -0.2) is 31.2 Å². The average molecular weight is 360 g/mol. The number of carbonyl (C=O) groups is 3. The molecule has 5 nitrogen and oxygen atoms in total. The van der Waals surface area contributed by atoms with Crippen LogP contribution in [0.4, 0.5) is 0 Å². The van der Waals surface area contributed by atoms with Gasteiger partial charge >= 0.3 is 0 Å². The molecule has 5 heteroatoms.